The van der Waals surface area contributed by atoms with Crippen LogP contribution in [0.15, 0.2) is 42.5 Å². The number of anilines is 2. The van der Waals surface area contributed by atoms with E-state index in [0.717, 1.165) is 13.0 Å². The Hall–Kier alpha value is -2.03. The highest BCUT2D eigenvalue weighted by molar-refractivity contribution is 5.58. The largest absolute Gasteiger partial charge is 0.396 e. The predicted molar refractivity (Wildman–Crippen MR) is 72.0 cm³/mol. The molecule has 0 spiro atoms. The van der Waals surface area contributed by atoms with Gasteiger partial charge in [-0.2, -0.15) is 0 Å². The van der Waals surface area contributed by atoms with Gasteiger partial charge in [0.25, 0.3) is 0 Å². The fourth-order valence-corrected chi connectivity index (χ4v) is 2.50. The molecule has 1 heterocycles. The fraction of sp³-hybridized carbons (Fsp3) is 0.200. The number of fused-ring (bicyclic) bond motifs is 1. The Balaban J connectivity index is 1.89. The van der Waals surface area contributed by atoms with E-state index in [1.807, 2.05) is 12.1 Å². The molecule has 0 saturated heterocycles. The van der Waals surface area contributed by atoms with Crippen LogP contribution in [0.2, 0.25) is 0 Å². The molecule has 2 nitrogen and oxygen atoms in total. The molecule has 0 unspecified atom stereocenters. The topological polar surface area (TPSA) is 29.3 Å². The van der Waals surface area contributed by atoms with Crippen LogP contribution in [0.3, 0.4) is 0 Å². The third-order valence-electron chi connectivity index (χ3n) is 3.45. The van der Waals surface area contributed by atoms with Gasteiger partial charge in [-0.05, 0) is 24.1 Å². The van der Waals surface area contributed by atoms with Crippen molar-refractivity contribution in [2.75, 3.05) is 17.2 Å². The molecule has 0 atom stereocenters. The number of hydrogen-bond acceptors (Lipinski definition) is 2. The number of benzene rings is 2. The van der Waals surface area contributed by atoms with Gasteiger partial charge in [0.15, 0.2) is 5.82 Å². The summed E-state index contributed by atoms with van der Waals surface area (Å²) in [5.41, 5.74) is 9.02. The summed E-state index contributed by atoms with van der Waals surface area (Å²) in [7, 11) is 0. The van der Waals surface area contributed by atoms with Gasteiger partial charge in [0.1, 0.15) is 0 Å². The molecule has 92 valence electrons. The van der Waals surface area contributed by atoms with Crippen molar-refractivity contribution < 1.29 is 4.39 Å². The molecule has 2 aromatic rings. The van der Waals surface area contributed by atoms with Gasteiger partial charge in [0.2, 0.25) is 0 Å². The number of halogens is 1. The van der Waals surface area contributed by atoms with E-state index in [2.05, 4.69) is 17.0 Å². The maximum Gasteiger partial charge on any atom is 0.151 e. The van der Waals surface area contributed by atoms with Gasteiger partial charge in [0.05, 0.1) is 5.69 Å². The van der Waals surface area contributed by atoms with E-state index < -0.39 is 0 Å². The molecule has 3 heteroatoms. The normalized spacial score (nSPS) is 13.7. The lowest BCUT2D eigenvalue weighted by molar-refractivity contribution is 0.610. The third-order valence-corrected chi connectivity index (χ3v) is 3.45. The molecular formula is C15H15FN2. The lowest BCUT2D eigenvalue weighted by Gasteiger charge is -2.20. The van der Waals surface area contributed by atoms with Gasteiger partial charge in [-0.15, -0.1) is 0 Å². The summed E-state index contributed by atoms with van der Waals surface area (Å²) < 4.78 is 13.9. The molecule has 0 aliphatic carbocycles. The lowest BCUT2D eigenvalue weighted by Crippen LogP contribution is -2.20. The van der Waals surface area contributed by atoms with Gasteiger partial charge < -0.3 is 10.6 Å². The van der Waals surface area contributed by atoms with E-state index in [0.29, 0.717) is 12.1 Å². The van der Waals surface area contributed by atoms with Gasteiger partial charge in [-0.1, -0.05) is 30.3 Å². The molecule has 0 aromatic heterocycles. The maximum absolute atomic E-state index is 13.9. The van der Waals surface area contributed by atoms with Crippen molar-refractivity contribution in [3.05, 3.63) is 59.4 Å². The van der Waals surface area contributed by atoms with Gasteiger partial charge in [-0.3, -0.25) is 0 Å². The summed E-state index contributed by atoms with van der Waals surface area (Å²) in [5.74, 6) is -0.290. The number of nitrogens with two attached hydrogens (primary N) is 1. The number of nitrogens with zero attached hydrogens (tertiary/aromatic N) is 1. The second-order valence-corrected chi connectivity index (χ2v) is 4.62. The summed E-state index contributed by atoms with van der Waals surface area (Å²) in [5, 5.41) is 0. The van der Waals surface area contributed by atoms with Crippen molar-refractivity contribution in [2.45, 2.75) is 13.0 Å². The summed E-state index contributed by atoms with van der Waals surface area (Å²) in [6.07, 6.45) is 1.03. The summed E-state index contributed by atoms with van der Waals surface area (Å²) in [6.45, 7) is 1.52. The van der Waals surface area contributed by atoms with E-state index in [4.69, 9.17) is 5.73 Å². The minimum absolute atomic E-state index is 0.222. The van der Waals surface area contributed by atoms with E-state index in [-0.39, 0.29) is 11.5 Å². The van der Waals surface area contributed by atoms with E-state index in [1.165, 1.54) is 11.3 Å². The Kier molecular flexibility index (Phi) is 2.67. The van der Waals surface area contributed by atoms with Gasteiger partial charge in [0, 0.05) is 24.3 Å². The number of rotatable bonds is 2. The minimum Gasteiger partial charge on any atom is -0.396 e. The molecule has 1 aliphatic heterocycles. The molecule has 0 bridgehead atoms. The van der Waals surface area contributed by atoms with Gasteiger partial charge >= 0.3 is 0 Å². The van der Waals surface area contributed by atoms with Crippen molar-refractivity contribution >= 4 is 11.4 Å². The summed E-state index contributed by atoms with van der Waals surface area (Å²) in [4.78, 5) is 2.20. The van der Waals surface area contributed by atoms with Crippen LogP contribution < -0.4 is 10.6 Å². The first kappa shape index (κ1) is 11.1. The summed E-state index contributed by atoms with van der Waals surface area (Å²) in [6, 6.07) is 13.5. The van der Waals surface area contributed by atoms with Crippen LogP contribution in [0, 0.1) is 5.82 Å². The summed E-state index contributed by atoms with van der Waals surface area (Å²) >= 11 is 0. The van der Waals surface area contributed by atoms with Crippen molar-refractivity contribution in [3.63, 3.8) is 0 Å². The van der Waals surface area contributed by atoms with E-state index in [1.54, 1.807) is 18.2 Å². The highest BCUT2D eigenvalue weighted by Crippen LogP contribution is 2.29. The average molecular weight is 242 g/mol. The Labute approximate surface area is 106 Å². The third kappa shape index (κ3) is 1.82. The first-order valence-corrected chi connectivity index (χ1v) is 6.11. The monoisotopic (exact) mass is 242 g/mol. The standard InChI is InChI=1S/C15H15FN2/c16-15-12(5-3-6-13(15)17)10-18-9-8-11-4-1-2-7-14(11)18/h1-7H,8-10,17H2. The quantitative estimate of drug-likeness (QED) is 0.820. The fourth-order valence-electron chi connectivity index (χ4n) is 2.50. The zero-order chi connectivity index (χ0) is 12.5. The molecule has 3 rings (SSSR count). The van der Waals surface area contributed by atoms with Crippen molar-refractivity contribution in [2.24, 2.45) is 0 Å². The molecule has 1 aliphatic rings. The minimum atomic E-state index is -0.290. The Morgan fingerprint density at radius 2 is 1.94 bits per heavy atom. The van der Waals surface area contributed by atoms with Crippen LogP contribution in [0.25, 0.3) is 0 Å². The van der Waals surface area contributed by atoms with Crippen LogP contribution in [0.1, 0.15) is 11.1 Å². The van der Waals surface area contributed by atoms with Crippen molar-refractivity contribution in [1.29, 1.82) is 0 Å². The zero-order valence-electron chi connectivity index (χ0n) is 10.1. The smallest absolute Gasteiger partial charge is 0.151 e. The molecule has 0 amide bonds. The first-order valence-electron chi connectivity index (χ1n) is 6.11. The number of hydrogen-bond donors (Lipinski definition) is 1. The van der Waals surface area contributed by atoms with Crippen LogP contribution in [-0.4, -0.2) is 6.54 Å². The lowest BCUT2D eigenvalue weighted by atomic mass is 10.1. The molecule has 2 aromatic carbocycles. The molecule has 18 heavy (non-hydrogen) atoms. The van der Waals surface area contributed by atoms with E-state index in [9.17, 15) is 4.39 Å². The van der Waals surface area contributed by atoms with Crippen LogP contribution in [0.4, 0.5) is 15.8 Å². The highest BCUT2D eigenvalue weighted by Gasteiger charge is 2.19. The molecule has 2 N–H and O–H groups in total. The molecule has 0 saturated carbocycles. The van der Waals surface area contributed by atoms with Crippen LogP contribution >= 0.6 is 0 Å². The Morgan fingerprint density at radius 3 is 2.83 bits per heavy atom. The Morgan fingerprint density at radius 1 is 1.11 bits per heavy atom. The first-order chi connectivity index (χ1) is 8.75. The molecular weight excluding hydrogens is 227 g/mol. The number of para-hydroxylation sites is 1. The van der Waals surface area contributed by atoms with Crippen LogP contribution in [-0.2, 0) is 13.0 Å². The highest BCUT2D eigenvalue weighted by atomic mass is 19.1. The maximum atomic E-state index is 13.9. The average Bonchev–Trinajstić information content (AvgIpc) is 2.79. The van der Waals surface area contributed by atoms with Crippen molar-refractivity contribution in [1.82, 2.24) is 0 Å². The van der Waals surface area contributed by atoms with E-state index >= 15 is 0 Å². The number of nitrogen functional groups attached to an aromatic ring is 1. The van der Waals surface area contributed by atoms with Gasteiger partial charge in [-0.25, -0.2) is 4.39 Å². The second-order valence-electron chi connectivity index (χ2n) is 4.62. The zero-order valence-corrected chi connectivity index (χ0v) is 10.1. The molecule has 0 fully saturated rings. The predicted octanol–water partition coefficient (Wildman–Crippen LogP) is 2.97. The SMILES string of the molecule is Nc1cccc(CN2CCc3ccccc32)c1F. The van der Waals surface area contributed by atoms with Crippen LogP contribution in [0.5, 0.6) is 0 Å². The molecule has 0 radical (unpaired) electrons. The second kappa shape index (κ2) is 4.33. The van der Waals surface area contributed by atoms with Crippen molar-refractivity contribution in [3.8, 4) is 0 Å². The Bertz CT molecular complexity index is 580.